The van der Waals surface area contributed by atoms with Crippen LogP contribution in [0.2, 0.25) is 0 Å². The SMILES string of the molecule is CCCC[C@H](NC(C)=O)C(=O)N[C@@H](CC(=O)O)C(=O)N[C@@H](Cc1cnc[nH]1)C(=O)N[C@H](Cc1ccccc1)C(=O)N[C@@H](CCCN=C(N)N)C(=O)N[C@@H](Cc1c[nH]c2ccccc12)C(=O)NCC(=O)N[C@@H](CCCCN)C(N)=O. The largest absolute Gasteiger partial charge is 0.481 e. The van der Waals surface area contributed by atoms with Gasteiger partial charge in [0.05, 0.1) is 19.3 Å². The molecule has 2 aromatic carbocycles. The second kappa shape index (κ2) is 32.6. The second-order valence-electron chi connectivity index (χ2n) is 18.8. The molecule has 4 rings (SSSR count). The third-order valence-corrected chi connectivity index (χ3v) is 12.4. The fraction of sp³-hybridized carbons (Fsp3) is 0.462. The van der Waals surface area contributed by atoms with Crippen LogP contribution < -0.4 is 65.5 Å². The van der Waals surface area contributed by atoms with Crippen molar-refractivity contribution in [2.75, 3.05) is 19.6 Å². The van der Waals surface area contributed by atoms with Crippen LogP contribution in [0.15, 0.2) is 78.3 Å². The van der Waals surface area contributed by atoms with E-state index in [2.05, 4.69) is 62.5 Å². The predicted octanol–water partition coefficient (Wildman–Crippen LogP) is -2.22. The molecule has 27 heteroatoms. The minimum absolute atomic E-state index is 0.0178. The molecule has 79 heavy (non-hydrogen) atoms. The average Bonchev–Trinajstić information content (AvgIpc) is 4.10. The Labute approximate surface area is 456 Å². The number of hydrogen-bond acceptors (Lipinski definition) is 13. The van der Waals surface area contributed by atoms with E-state index in [9.17, 15) is 53.1 Å². The van der Waals surface area contributed by atoms with Crippen LogP contribution in [0.5, 0.6) is 0 Å². The van der Waals surface area contributed by atoms with Gasteiger partial charge in [0.25, 0.3) is 0 Å². The molecule has 0 aliphatic heterocycles. The first-order chi connectivity index (χ1) is 37.8. The lowest BCUT2D eigenvalue weighted by atomic mass is 10.0. The Morgan fingerprint density at radius 3 is 1.80 bits per heavy atom. The van der Waals surface area contributed by atoms with Gasteiger partial charge in [-0.3, -0.25) is 52.9 Å². The van der Waals surface area contributed by atoms with Gasteiger partial charge in [0.2, 0.25) is 53.2 Å². The monoisotopic (exact) mass is 1100 g/mol. The highest BCUT2D eigenvalue weighted by atomic mass is 16.4. The Balaban J connectivity index is 1.66. The Morgan fingerprint density at radius 1 is 0.620 bits per heavy atom. The summed E-state index contributed by atoms with van der Waals surface area (Å²) in [6.45, 7) is 2.86. The number of amides is 9. The number of primary amides is 1. The molecule has 0 fully saturated rings. The normalized spacial score (nSPS) is 13.6. The van der Waals surface area contributed by atoms with Gasteiger partial charge in [-0.15, -0.1) is 0 Å². The molecule has 0 spiro atoms. The molecule has 9 amide bonds. The Morgan fingerprint density at radius 2 is 1.19 bits per heavy atom. The average molecular weight is 1100 g/mol. The number of benzene rings is 2. The van der Waals surface area contributed by atoms with Gasteiger partial charge in [0.15, 0.2) is 5.96 Å². The molecule has 0 saturated carbocycles. The van der Waals surface area contributed by atoms with E-state index in [0.29, 0.717) is 49.0 Å². The summed E-state index contributed by atoms with van der Waals surface area (Å²) < 4.78 is 0. The fourth-order valence-corrected chi connectivity index (χ4v) is 8.37. The number of aromatic amines is 2. The van der Waals surface area contributed by atoms with Crippen LogP contribution in [0, 0.1) is 0 Å². The molecule has 0 bridgehead atoms. The molecule has 0 radical (unpaired) electrons. The van der Waals surface area contributed by atoms with E-state index < -0.39 is 114 Å². The molecule has 7 atom stereocenters. The third-order valence-electron chi connectivity index (χ3n) is 12.4. The molecule has 2 aromatic heterocycles. The molecular formula is C52H74N16O11. The number of nitrogens with one attached hydrogen (secondary N) is 10. The van der Waals surface area contributed by atoms with Crippen LogP contribution in [0.3, 0.4) is 0 Å². The minimum atomic E-state index is -1.73. The van der Waals surface area contributed by atoms with Crippen molar-refractivity contribution >= 4 is 76.0 Å². The highest BCUT2D eigenvalue weighted by molar-refractivity contribution is 5.99. The summed E-state index contributed by atoms with van der Waals surface area (Å²) >= 11 is 0. The Hall–Kier alpha value is -8.88. The molecule has 4 aromatic rings. The van der Waals surface area contributed by atoms with E-state index in [1.54, 1.807) is 42.6 Å². The van der Waals surface area contributed by atoms with Crippen LogP contribution in [0.1, 0.15) is 88.5 Å². The molecule has 0 saturated heterocycles. The van der Waals surface area contributed by atoms with Gasteiger partial charge < -0.3 is 80.5 Å². The zero-order valence-electron chi connectivity index (χ0n) is 44.3. The van der Waals surface area contributed by atoms with E-state index in [4.69, 9.17) is 22.9 Å². The topological polar surface area (TPSA) is 448 Å². The van der Waals surface area contributed by atoms with Crippen molar-refractivity contribution in [1.29, 1.82) is 0 Å². The number of hydrogen-bond donors (Lipinski definition) is 15. The van der Waals surface area contributed by atoms with Gasteiger partial charge in [-0.25, -0.2) is 4.98 Å². The lowest BCUT2D eigenvalue weighted by Gasteiger charge is -2.27. The van der Waals surface area contributed by atoms with E-state index in [1.807, 2.05) is 25.1 Å². The van der Waals surface area contributed by atoms with Gasteiger partial charge in [-0.2, -0.15) is 0 Å². The number of nitrogens with zero attached hydrogens (tertiary/aromatic N) is 2. The highest BCUT2D eigenvalue weighted by Gasteiger charge is 2.35. The van der Waals surface area contributed by atoms with Gasteiger partial charge >= 0.3 is 5.97 Å². The quantitative estimate of drug-likeness (QED) is 0.0132. The number of carbonyl (C=O) groups excluding carboxylic acids is 9. The van der Waals surface area contributed by atoms with E-state index in [0.717, 1.165) is 10.9 Å². The van der Waals surface area contributed by atoms with Crippen LogP contribution in [0.25, 0.3) is 10.9 Å². The van der Waals surface area contributed by atoms with Gasteiger partial charge in [-0.05, 0) is 62.3 Å². The number of rotatable bonds is 35. The Bertz CT molecular complexity index is 2710. The zero-order valence-corrected chi connectivity index (χ0v) is 44.3. The zero-order chi connectivity index (χ0) is 57.9. The van der Waals surface area contributed by atoms with E-state index in [-0.39, 0.29) is 57.5 Å². The predicted molar refractivity (Wildman–Crippen MR) is 290 cm³/mol. The fourth-order valence-electron chi connectivity index (χ4n) is 8.37. The van der Waals surface area contributed by atoms with Crippen molar-refractivity contribution in [2.45, 2.75) is 133 Å². The second-order valence-corrected chi connectivity index (χ2v) is 18.8. The van der Waals surface area contributed by atoms with Crippen molar-refractivity contribution in [3.05, 3.63) is 90.1 Å². The number of carboxylic acid groups (broad SMARTS) is 1. The summed E-state index contributed by atoms with van der Waals surface area (Å²) in [5, 5.41) is 31.1. The standard InChI is InChI=1S/C52H74N16O11/c1-3-4-16-37(62-30(2)69)47(75)68-42(25-44(71)72)51(79)67-41(24-33-27-57-29-61-33)50(78)65-39(22-31-13-6-5-7-14-31)49(77)64-38(19-12-21-58-52(55)56)48(76)66-40(23-32-26-59-35-17-9-8-15-34(32)35)46(74)60-28-43(70)63-36(45(54)73)18-10-11-20-53/h5-9,13-15,17,26-27,29,36-42,59H,3-4,10-12,16,18-25,28,53H2,1-2H3,(H2,54,73)(H,57,61)(H,60,74)(H,62,69)(H,63,70)(H,64,77)(H,65,78)(H,66,76)(H,67,79)(H,68,75)(H,71,72)(H4,55,56,58)/t36-,37-,38-,39+,40-,41-,42-/m0/s1. The van der Waals surface area contributed by atoms with Crippen LogP contribution in [-0.2, 0) is 67.2 Å². The van der Waals surface area contributed by atoms with Gasteiger partial charge in [0.1, 0.15) is 42.3 Å². The summed E-state index contributed by atoms with van der Waals surface area (Å²) in [6.07, 6.45) is 5.60. The number of aliphatic imine (C=N–C) groups is 1. The number of para-hydroxylation sites is 1. The number of nitrogens with two attached hydrogens (primary N) is 4. The third kappa shape index (κ3) is 21.9. The molecule has 19 N–H and O–H groups in total. The molecule has 428 valence electrons. The van der Waals surface area contributed by atoms with Gasteiger partial charge in [-0.1, -0.05) is 68.3 Å². The van der Waals surface area contributed by atoms with Crippen molar-refractivity contribution in [3.63, 3.8) is 0 Å². The van der Waals surface area contributed by atoms with Crippen molar-refractivity contribution in [1.82, 2.24) is 57.5 Å². The highest BCUT2D eigenvalue weighted by Crippen LogP contribution is 2.20. The summed E-state index contributed by atoms with van der Waals surface area (Å²) in [5.74, 6) is -9.11. The maximum absolute atomic E-state index is 14.7. The number of carbonyl (C=O) groups is 10. The number of H-pyrrole nitrogens is 2. The summed E-state index contributed by atoms with van der Waals surface area (Å²) in [4.78, 5) is 148. The van der Waals surface area contributed by atoms with Crippen LogP contribution in [0.4, 0.5) is 0 Å². The molecule has 2 heterocycles. The minimum Gasteiger partial charge on any atom is -0.481 e. The summed E-state index contributed by atoms with van der Waals surface area (Å²) in [5.41, 5.74) is 24.5. The number of aliphatic carboxylic acids is 1. The molecule has 27 nitrogen and oxygen atoms in total. The number of unbranched alkanes of at least 4 members (excludes halogenated alkanes) is 2. The van der Waals surface area contributed by atoms with Crippen molar-refractivity contribution in [2.24, 2.45) is 27.9 Å². The van der Waals surface area contributed by atoms with Crippen LogP contribution >= 0.6 is 0 Å². The molecule has 0 aliphatic carbocycles. The lowest BCUT2D eigenvalue weighted by Crippen LogP contribution is -2.60. The van der Waals surface area contributed by atoms with Crippen LogP contribution in [-0.4, -0.2) is 147 Å². The van der Waals surface area contributed by atoms with E-state index >= 15 is 0 Å². The first-order valence-electron chi connectivity index (χ1n) is 26.0. The van der Waals surface area contributed by atoms with Crippen molar-refractivity contribution < 1.29 is 53.1 Å². The number of carboxylic acids is 1. The number of fused-ring (bicyclic) bond motifs is 1. The van der Waals surface area contributed by atoms with Crippen molar-refractivity contribution in [3.8, 4) is 0 Å². The lowest BCUT2D eigenvalue weighted by molar-refractivity contribution is -0.141. The maximum atomic E-state index is 14.7. The summed E-state index contributed by atoms with van der Waals surface area (Å²) in [6, 6.07) is 6.06. The first kappa shape index (κ1) is 62.7. The summed E-state index contributed by atoms with van der Waals surface area (Å²) in [7, 11) is 0. The molecule has 0 aliphatic rings. The smallest absolute Gasteiger partial charge is 0.305 e. The first-order valence-corrected chi connectivity index (χ1v) is 26.0. The molecular weight excluding hydrogens is 1020 g/mol. The number of imidazole rings is 1. The van der Waals surface area contributed by atoms with E-state index in [1.165, 1.54) is 19.4 Å². The van der Waals surface area contributed by atoms with Gasteiger partial charge in [0, 0.05) is 61.7 Å². The number of guanidine groups is 1. The molecule has 0 unspecified atom stereocenters. The Kier molecular flexibility index (Phi) is 25.9. The number of aromatic nitrogens is 3. The maximum Gasteiger partial charge on any atom is 0.305 e.